The molecule has 0 saturated carbocycles. The Kier molecular flexibility index (Phi) is 3.41. The molecule has 126 valence electrons. The molecule has 1 aromatic heterocycles. The molecule has 0 aliphatic carbocycles. The number of rotatable bonds is 2. The average molecular weight is 399 g/mol. The van der Waals surface area contributed by atoms with E-state index in [1.807, 2.05) is 16.8 Å². The summed E-state index contributed by atoms with van der Waals surface area (Å²) in [6.45, 7) is 0.279. The third-order valence-corrected chi connectivity index (χ3v) is 5.21. The van der Waals surface area contributed by atoms with Crippen LogP contribution in [0.1, 0.15) is 29.6 Å². The minimum Gasteiger partial charge on any atom is -0.454 e. The number of benzene rings is 2. The smallest absolute Gasteiger partial charge is 0.231 e. The Balaban J connectivity index is 1.53. The van der Waals surface area contributed by atoms with Gasteiger partial charge in [-0.3, -0.25) is 0 Å². The number of nitrogens with one attached hydrogen (secondary N) is 1. The first-order valence-corrected chi connectivity index (χ1v) is 8.88. The zero-order valence-corrected chi connectivity index (χ0v) is 14.8. The molecule has 0 bridgehead atoms. The van der Waals surface area contributed by atoms with Gasteiger partial charge in [-0.15, -0.1) is 0 Å². The Morgan fingerprint density at radius 1 is 1.04 bits per heavy atom. The van der Waals surface area contributed by atoms with Gasteiger partial charge in [0.05, 0.1) is 12.1 Å². The lowest BCUT2D eigenvalue weighted by Gasteiger charge is -2.32. The van der Waals surface area contributed by atoms with E-state index in [-0.39, 0.29) is 18.9 Å². The molecule has 6 nitrogen and oxygen atoms in total. The van der Waals surface area contributed by atoms with E-state index in [4.69, 9.17) is 9.47 Å². The predicted octanol–water partition coefficient (Wildman–Crippen LogP) is 3.92. The van der Waals surface area contributed by atoms with Gasteiger partial charge in [0.15, 0.2) is 11.5 Å². The fourth-order valence-corrected chi connectivity index (χ4v) is 3.70. The number of hydrogen-bond donors (Lipinski definition) is 1. The molecule has 2 aliphatic heterocycles. The maximum Gasteiger partial charge on any atom is 0.231 e. The van der Waals surface area contributed by atoms with Gasteiger partial charge in [-0.05, 0) is 41.8 Å². The zero-order chi connectivity index (χ0) is 16.8. The summed E-state index contributed by atoms with van der Waals surface area (Å²) in [7, 11) is 0. The number of aromatic nitrogens is 3. The van der Waals surface area contributed by atoms with Crippen molar-refractivity contribution in [2.24, 2.45) is 0 Å². The summed E-state index contributed by atoms with van der Waals surface area (Å²) < 4.78 is 14.0. The van der Waals surface area contributed by atoms with Crippen molar-refractivity contribution in [1.82, 2.24) is 14.8 Å². The standard InChI is InChI=1S/C18H15BrN4O2/c19-13-4-1-11(2-5-13)14-8-15(23-18(22-14)20-9-21-23)12-3-6-16-17(7-12)25-10-24-16/h1-7,9,14-15H,8,10H2,(H,20,21,22). The van der Waals surface area contributed by atoms with Gasteiger partial charge in [0.1, 0.15) is 6.33 Å². The van der Waals surface area contributed by atoms with E-state index in [1.165, 1.54) is 5.56 Å². The van der Waals surface area contributed by atoms with Crippen molar-refractivity contribution in [3.8, 4) is 11.5 Å². The van der Waals surface area contributed by atoms with Crippen LogP contribution in [0.15, 0.2) is 53.3 Å². The first kappa shape index (κ1) is 14.8. The van der Waals surface area contributed by atoms with E-state index in [0.29, 0.717) is 0 Å². The van der Waals surface area contributed by atoms with Crippen molar-refractivity contribution in [3.63, 3.8) is 0 Å². The molecule has 7 heteroatoms. The van der Waals surface area contributed by atoms with E-state index in [0.717, 1.165) is 33.9 Å². The molecular weight excluding hydrogens is 384 g/mol. The van der Waals surface area contributed by atoms with Gasteiger partial charge >= 0.3 is 0 Å². The number of anilines is 1. The van der Waals surface area contributed by atoms with Crippen LogP contribution in [-0.2, 0) is 0 Å². The third-order valence-electron chi connectivity index (χ3n) is 4.68. The van der Waals surface area contributed by atoms with Crippen molar-refractivity contribution in [2.75, 3.05) is 12.1 Å². The number of fused-ring (bicyclic) bond motifs is 2. The quantitative estimate of drug-likeness (QED) is 0.708. The lowest BCUT2D eigenvalue weighted by Crippen LogP contribution is -2.28. The fraction of sp³-hybridized carbons (Fsp3) is 0.222. The van der Waals surface area contributed by atoms with E-state index in [1.54, 1.807) is 6.33 Å². The molecule has 0 amide bonds. The molecule has 25 heavy (non-hydrogen) atoms. The highest BCUT2D eigenvalue weighted by molar-refractivity contribution is 9.10. The van der Waals surface area contributed by atoms with Crippen molar-refractivity contribution in [3.05, 3.63) is 64.4 Å². The van der Waals surface area contributed by atoms with Crippen molar-refractivity contribution < 1.29 is 9.47 Å². The second-order valence-electron chi connectivity index (χ2n) is 6.14. The van der Waals surface area contributed by atoms with E-state index in [9.17, 15) is 0 Å². The van der Waals surface area contributed by atoms with Gasteiger partial charge in [-0.1, -0.05) is 34.1 Å². The molecule has 1 N–H and O–H groups in total. The summed E-state index contributed by atoms with van der Waals surface area (Å²) in [4.78, 5) is 4.37. The molecule has 0 saturated heterocycles. The molecule has 0 spiro atoms. The van der Waals surface area contributed by atoms with Gasteiger partial charge in [0, 0.05) is 4.47 Å². The summed E-state index contributed by atoms with van der Waals surface area (Å²) in [6, 6.07) is 14.7. The summed E-state index contributed by atoms with van der Waals surface area (Å²) in [5.41, 5.74) is 2.36. The first-order chi connectivity index (χ1) is 12.3. The Labute approximate surface area is 152 Å². The summed E-state index contributed by atoms with van der Waals surface area (Å²) in [5, 5.41) is 7.90. The zero-order valence-electron chi connectivity index (χ0n) is 13.2. The van der Waals surface area contributed by atoms with Gasteiger partial charge in [0.25, 0.3) is 0 Å². The molecule has 0 fully saturated rings. The number of nitrogens with zero attached hydrogens (tertiary/aromatic N) is 3. The SMILES string of the molecule is Brc1ccc(C2CC(c3ccc4c(c3)OCO4)n3ncnc3N2)cc1. The van der Waals surface area contributed by atoms with E-state index in [2.05, 4.69) is 61.7 Å². The molecule has 0 radical (unpaired) electrons. The van der Waals surface area contributed by atoms with Crippen LogP contribution in [0.25, 0.3) is 0 Å². The highest BCUT2D eigenvalue weighted by Gasteiger charge is 2.30. The monoisotopic (exact) mass is 398 g/mol. The van der Waals surface area contributed by atoms with Gasteiger partial charge in [0.2, 0.25) is 12.7 Å². The summed E-state index contributed by atoms with van der Waals surface area (Å²) in [5.74, 6) is 2.36. The topological polar surface area (TPSA) is 61.2 Å². The number of halogens is 1. The van der Waals surface area contributed by atoms with Gasteiger partial charge in [-0.2, -0.15) is 10.1 Å². The van der Waals surface area contributed by atoms with E-state index >= 15 is 0 Å². The maximum absolute atomic E-state index is 5.54. The lowest BCUT2D eigenvalue weighted by molar-refractivity contribution is 0.174. The van der Waals surface area contributed by atoms with Gasteiger partial charge in [-0.25, -0.2) is 4.68 Å². The van der Waals surface area contributed by atoms with Crippen LogP contribution >= 0.6 is 15.9 Å². The second kappa shape index (κ2) is 5.77. The minimum atomic E-state index is 0.0851. The average Bonchev–Trinajstić information content (AvgIpc) is 3.29. The minimum absolute atomic E-state index is 0.0851. The largest absolute Gasteiger partial charge is 0.454 e. The molecule has 5 rings (SSSR count). The Bertz CT molecular complexity index is 925. The predicted molar refractivity (Wildman–Crippen MR) is 95.8 cm³/mol. The van der Waals surface area contributed by atoms with Crippen LogP contribution in [-0.4, -0.2) is 21.6 Å². The Morgan fingerprint density at radius 3 is 2.72 bits per heavy atom. The molecule has 2 aromatic carbocycles. The molecule has 2 unspecified atom stereocenters. The second-order valence-corrected chi connectivity index (χ2v) is 7.06. The van der Waals surface area contributed by atoms with Crippen LogP contribution in [0, 0.1) is 0 Å². The van der Waals surface area contributed by atoms with Crippen LogP contribution < -0.4 is 14.8 Å². The van der Waals surface area contributed by atoms with Crippen LogP contribution in [0.5, 0.6) is 11.5 Å². The number of ether oxygens (including phenoxy) is 2. The van der Waals surface area contributed by atoms with E-state index < -0.39 is 0 Å². The summed E-state index contributed by atoms with van der Waals surface area (Å²) in [6.07, 6.45) is 2.46. The van der Waals surface area contributed by atoms with Crippen LogP contribution in [0.4, 0.5) is 5.95 Å². The summed E-state index contributed by atoms with van der Waals surface area (Å²) >= 11 is 3.49. The van der Waals surface area contributed by atoms with Crippen molar-refractivity contribution in [1.29, 1.82) is 0 Å². The van der Waals surface area contributed by atoms with Crippen LogP contribution in [0.3, 0.4) is 0 Å². The van der Waals surface area contributed by atoms with Gasteiger partial charge < -0.3 is 14.8 Å². The molecule has 3 heterocycles. The maximum atomic E-state index is 5.54. The Morgan fingerprint density at radius 2 is 1.84 bits per heavy atom. The normalized spacial score (nSPS) is 20.8. The number of hydrogen-bond acceptors (Lipinski definition) is 5. The van der Waals surface area contributed by atoms with Crippen molar-refractivity contribution in [2.45, 2.75) is 18.5 Å². The highest BCUT2D eigenvalue weighted by atomic mass is 79.9. The van der Waals surface area contributed by atoms with Crippen LogP contribution in [0.2, 0.25) is 0 Å². The molecule has 2 aliphatic rings. The molecular formula is C18H15BrN4O2. The molecule has 3 aromatic rings. The third kappa shape index (κ3) is 2.55. The Hall–Kier alpha value is -2.54. The highest BCUT2D eigenvalue weighted by Crippen LogP contribution is 2.41. The molecule has 2 atom stereocenters. The fourth-order valence-electron chi connectivity index (χ4n) is 3.43. The van der Waals surface area contributed by atoms with Crippen molar-refractivity contribution >= 4 is 21.9 Å². The first-order valence-electron chi connectivity index (χ1n) is 8.09. The lowest BCUT2D eigenvalue weighted by atomic mass is 9.93.